The lowest BCUT2D eigenvalue weighted by Crippen LogP contribution is -2.35. The third-order valence-corrected chi connectivity index (χ3v) is 4.40. The average Bonchev–Trinajstić information content (AvgIpc) is 2.45. The first-order valence-electron chi connectivity index (χ1n) is 7.58. The smallest absolute Gasteiger partial charge is 0.194 e. The molecule has 1 aliphatic heterocycles. The standard InChI is InChI=1S/C17H21FN2O/c1-11-4-3-7-20(9-11)10-15-12(2)19-16-6-5-13(18)8-14(16)17(15)21/h5-6,8,11H,3-4,7,9-10H2,1-2H3,(H,19,21)/t11-/m0/s1. The van der Waals surface area contributed by atoms with Gasteiger partial charge in [-0.05, 0) is 50.4 Å². The van der Waals surface area contributed by atoms with Crippen molar-refractivity contribution in [2.24, 2.45) is 5.92 Å². The Morgan fingerprint density at radius 1 is 1.43 bits per heavy atom. The zero-order valence-corrected chi connectivity index (χ0v) is 12.6. The van der Waals surface area contributed by atoms with Crippen LogP contribution in [0, 0.1) is 18.7 Å². The van der Waals surface area contributed by atoms with Gasteiger partial charge in [-0.3, -0.25) is 9.69 Å². The lowest BCUT2D eigenvalue weighted by atomic mass is 9.99. The number of benzene rings is 1. The van der Waals surface area contributed by atoms with Crippen molar-refractivity contribution in [1.29, 1.82) is 0 Å². The van der Waals surface area contributed by atoms with Crippen molar-refractivity contribution < 1.29 is 4.39 Å². The van der Waals surface area contributed by atoms with Crippen LogP contribution in [0.1, 0.15) is 31.0 Å². The molecule has 0 saturated carbocycles. The second-order valence-electron chi connectivity index (χ2n) is 6.23. The Hall–Kier alpha value is -1.68. The van der Waals surface area contributed by atoms with Crippen molar-refractivity contribution >= 4 is 10.9 Å². The first kappa shape index (κ1) is 14.3. The number of pyridine rings is 1. The Kier molecular flexibility index (Phi) is 3.81. The van der Waals surface area contributed by atoms with Crippen molar-refractivity contribution in [2.45, 2.75) is 33.2 Å². The molecule has 1 N–H and O–H groups in total. The van der Waals surface area contributed by atoms with Crippen LogP contribution >= 0.6 is 0 Å². The van der Waals surface area contributed by atoms with E-state index < -0.39 is 0 Å². The maximum Gasteiger partial charge on any atom is 0.194 e. The van der Waals surface area contributed by atoms with Gasteiger partial charge in [0.05, 0.1) is 0 Å². The van der Waals surface area contributed by atoms with Crippen LogP contribution in [-0.2, 0) is 6.54 Å². The molecule has 0 unspecified atom stereocenters. The number of aromatic amines is 1. The highest BCUT2D eigenvalue weighted by atomic mass is 19.1. The van der Waals surface area contributed by atoms with Crippen LogP contribution in [0.5, 0.6) is 0 Å². The molecule has 0 radical (unpaired) electrons. The van der Waals surface area contributed by atoms with Gasteiger partial charge < -0.3 is 4.98 Å². The summed E-state index contributed by atoms with van der Waals surface area (Å²) in [6.07, 6.45) is 2.44. The van der Waals surface area contributed by atoms with E-state index in [9.17, 15) is 9.18 Å². The van der Waals surface area contributed by atoms with Gasteiger partial charge >= 0.3 is 0 Å². The van der Waals surface area contributed by atoms with Crippen LogP contribution in [-0.4, -0.2) is 23.0 Å². The second-order valence-corrected chi connectivity index (χ2v) is 6.23. The minimum atomic E-state index is -0.366. The SMILES string of the molecule is Cc1[nH]c2ccc(F)cc2c(=O)c1CN1CCC[C@H](C)C1. The Bertz CT molecular complexity index is 723. The number of likely N-dealkylation sites (tertiary alicyclic amines) is 1. The van der Waals surface area contributed by atoms with Crippen molar-refractivity contribution in [3.63, 3.8) is 0 Å². The first-order valence-corrected chi connectivity index (χ1v) is 7.58. The summed E-state index contributed by atoms with van der Waals surface area (Å²) in [5.74, 6) is 0.311. The fourth-order valence-electron chi connectivity index (χ4n) is 3.27. The fraction of sp³-hybridized carbons (Fsp3) is 0.471. The van der Waals surface area contributed by atoms with E-state index in [0.29, 0.717) is 23.4 Å². The van der Waals surface area contributed by atoms with Crippen LogP contribution in [0.4, 0.5) is 4.39 Å². The van der Waals surface area contributed by atoms with Gasteiger partial charge in [-0.1, -0.05) is 6.92 Å². The normalized spacial score (nSPS) is 20.0. The zero-order chi connectivity index (χ0) is 15.0. The molecule has 1 aromatic heterocycles. The summed E-state index contributed by atoms with van der Waals surface area (Å²) in [6.45, 7) is 6.88. The number of hydrogen-bond donors (Lipinski definition) is 1. The monoisotopic (exact) mass is 288 g/mol. The number of aryl methyl sites for hydroxylation is 1. The fourth-order valence-corrected chi connectivity index (χ4v) is 3.27. The summed E-state index contributed by atoms with van der Waals surface area (Å²) < 4.78 is 13.4. The number of halogens is 1. The third kappa shape index (κ3) is 2.86. The molecular weight excluding hydrogens is 267 g/mol. The number of H-pyrrole nitrogens is 1. The van der Waals surface area contributed by atoms with Crippen LogP contribution in [0.2, 0.25) is 0 Å². The number of piperidine rings is 1. The van der Waals surface area contributed by atoms with Gasteiger partial charge in [0, 0.05) is 35.2 Å². The first-order chi connectivity index (χ1) is 10.0. The molecule has 3 nitrogen and oxygen atoms in total. The van der Waals surface area contributed by atoms with E-state index in [1.54, 1.807) is 6.07 Å². The largest absolute Gasteiger partial charge is 0.358 e. The molecule has 4 heteroatoms. The quantitative estimate of drug-likeness (QED) is 0.921. The van der Waals surface area contributed by atoms with Crippen molar-refractivity contribution in [1.82, 2.24) is 9.88 Å². The predicted molar refractivity (Wildman–Crippen MR) is 82.9 cm³/mol. The molecule has 0 aliphatic carbocycles. The topological polar surface area (TPSA) is 36.1 Å². The molecule has 1 atom stereocenters. The maximum absolute atomic E-state index is 13.4. The summed E-state index contributed by atoms with van der Waals surface area (Å²) >= 11 is 0. The minimum Gasteiger partial charge on any atom is -0.358 e. The molecule has 3 rings (SSSR count). The van der Waals surface area contributed by atoms with Gasteiger partial charge in [-0.2, -0.15) is 0 Å². The molecule has 0 spiro atoms. The van der Waals surface area contributed by atoms with E-state index in [-0.39, 0.29) is 11.2 Å². The summed E-state index contributed by atoms with van der Waals surface area (Å²) in [6, 6.07) is 4.34. The van der Waals surface area contributed by atoms with Gasteiger partial charge in [-0.15, -0.1) is 0 Å². The van der Waals surface area contributed by atoms with E-state index in [4.69, 9.17) is 0 Å². The third-order valence-electron chi connectivity index (χ3n) is 4.40. The van der Waals surface area contributed by atoms with Crippen molar-refractivity contribution in [3.05, 3.63) is 45.5 Å². The van der Waals surface area contributed by atoms with Gasteiger partial charge in [0.1, 0.15) is 5.82 Å². The van der Waals surface area contributed by atoms with Crippen LogP contribution in [0.15, 0.2) is 23.0 Å². The van der Waals surface area contributed by atoms with Gasteiger partial charge in [0.25, 0.3) is 0 Å². The molecular formula is C17H21FN2O. The molecule has 2 aromatic rings. The average molecular weight is 288 g/mol. The highest BCUT2D eigenvalue weighted by Crippen LogP contribution is 2.19. The Morgan fingerprint density at radius 3 is 3.00 bits per heavy atom. The summed E-state index contributed by atoms with van der Waals surface area (Å²) in [5, 5.41) is 0.445. The Morgan fingerprint density at radius 2 is 2.24 bits per heavy atom. The van der Waals surface area contributed by atoms with E-state index in [0.717, 1.165) is 24.3 Å². The second kappa shape index (κ2) is 5.60. The predicted octanol–water partition coefficient (Wildman–Crippen LogP) is 3.21. The number of fused-ring (bicyclic) bond motifs is 1. The lowest BCUT2D eigenvalue weighted by Gasteiger charge is -2.31. The highest BCUT2D eigenvalue weighted by molar-refractivity contribution is 5.79. The number of nitrogens with one attached hydrogen (secondary N) is 1. The Labute approximate surface area is 123 Å². The summed E-state index contributed by atoms with van der Waals surface area (Å²) in [7, 11) is 0. The van der Waals surface area contributed by atoms with Gasteiger partial charge in [-0.25, -0.2) is 4.39 Å². The number of nitrogens with zero attached hydrogens (tertiary/aromatic N) is 1. The molecule has 21 heavy (non-hydrogen) atoms. The van der Waals surface area contributed by atoms with E-state index >= 15 is 0 Å². The number of aromatic nitrogens is 1. The minimum absolute atomic E-state index is 0.0426. The highest BCUT2D eigenvalue weighted by Gasteiger charge is 2.19. The summed E-state index contributed by atoms with van der Waals surface area (Å²) in [5.41, 5.74) is 2.31. The molecule has 2 heterocycles. The zero-order valence-electron chi connectivity index (χ0n) is 12.6. The Balaban J connectivity index is 2.00. The van der Waals surface area contributed by atoms with Crippen LogP contribution in [0.3, 0.4) is 0 Å². The van der Waals surface area contributed by atoms with Crippen LogP contribution in [0.25, 0.3) is 10.9 Å². The van der Waals surface area contributed by atoms with Crippen molar-refractivity contribution in [2.75, 3.05) is 13.1 Å². The van der Waals surface area contributed by atoms with Crippen LogP contribution < -0.4 is 5.43 Å². The number of rotatable bonds is 2. The molecule has 0 bridgehead atoms. The number of hydrogen-bond acceptors (Lipinski definition) is 2. The molecule has 1 fully saturated rings. The molecule has 1 aromatic carbocycles. The van der Waals surface area contributed by atoms with E-state index in [2.05, 4.69) is 16.8 Å². The van der Waals surface area contributed by atoms with E-state index in [1.807, 2.05) is 6.92 Å². The van der Waals surface area contributed by atoms with Gasteiger partial charge in [0.2, 0.25) is 0 Å². The molecule has 1 saturated heterocycles. The van der Waals surface area contributed by atoms with E-state index in [1.165, 1.54) is 25.0 Å². The van der Waals surface area contributed by atoms with Crippen molar-refractivity contribution in [3.8, 4) is 0 Å². The molecule has 0 amide bonds. The summed E-state index contributed by atoms with van der Waals surface area (Å²) in [4.78, 5) is 18.2. The van der Waals surface area contributed by atoms with Gasteiger partial charge in [0.15, 0.2) is 5.43 Å². The molecule has 112 valence electrons. The molecule has 1 aliphatic rings. The lowest BCUT2D eigenvalue weighted by molar-refractivity contribution is 0.176. The maximum atomic E-state index is 13.4.